The third kappa shape index (κ3) is 3.46. The van der Waals surface area contributed by atoms with E-state index in [1.54, 1.807) is 6.92 Å². The lowest BCUT2D eigenvalue weighted by Gasteiger charge is -2.19. The zero-order valence-electron chi connectivity index (χ0n) is 12.3. The molecule has 0 fully saturated rings. The summed E-state index contributed by atoms with van der Waals surface area (Å²) in [5, 5.41) is 0. The molecule has 112 valence electrons. The molecular weight excluding hydrogens is 270 g/mol. The van der Waals surface area contributed by atoms with Crippen molar-refractivity contribution < 1.29 is 8.78 Å². The quantitative estimate of drug-likeness (QED) is 0.650. The smallest absolute Gasteiger partial charge is 0.133 e. The van der Waals surface area contributed by atoms with Gasteiger partial charge in [-0.3, -0.25) is 11.3 Å². The first-order chi connectivity index (χ1) is 10.0. The molecular formula is C17H20F2N2. The molecule has 0 aliphatic heterocycles. The van der Waals surface area contributed by atoms with Gasteiger partial charge in [-0.05, 0) is 49.4 Å². The molecule has 0 saturated heterocycles. The number of halogens is 2. The molecule has 0 aliphatic carbocycles. The van der Waals surface area contributed by atoms with Gasteiger partial charge in [-0.1, -0.05) is 30.3 Å². The Balaban J connectivity index is 2.22. The summed E-state index contributed by atoms with van der Waals surface area (Å²) >= 11 is 0. The maximum Gasteiger partial charge on any atom is 0.133 e. The van der Waals surface area contributed by atoms with Crippen LogP contribution in [0.3, 0.4) is 0 Å². The van der Waals surface area contributed by atoms with Gasteiger partial charge in [0.1, 0.15) is 11.6 Å². The molecule has 2 aromatic carbocycles. The highest BCUT2D eigenvalue weighted by molar-refractivity contribution is 5.30. The molecule has 1 unspecified atom stereocenters. The van der Waals surface area contributed by atoms with Crippen LogP contribution < -0.4 is 11.3 Å². The zero-order valence-corrected chi connectivity index (χ0v) is 12.3. The van der Waals surface area contributed by atoms with Crippen LogP contribution in [-0.4, -0.2) is 0 Å². The van der Waals surface area contributed by atoms with Gasteiger partial charge in [0.25, 0.3) is 0 Å². The molecule has 0 amide bonds. The van der Waals surface area contributed by atoms with Gasteiger partial charge in [0, 0.05) is 5.56 Å². The van der Waals surface area contributed by atoms with Crippen molar-refractivity contribution in [1.29, 1.82) is 0 Å². The summed E-state index contributed by atoms with van der Waals surface area (Å²) in [6, 6.07) is 10.1. The average Bonchev–Trinajstić information content (AvgIpc) is 2.48. The Hall–Kier alpha value is -1.78. The normalized spacial score (nSPS) is 12.4. The molecule has 0 aromatic heterocycles. The maximum atomic E-state index is 14.2. The van der Waals surface area contributed by atoms with Crippen molar-refractivity contribution in [3.8, 4) is 0 Å². The Bertz CT molecular complexity index is 626. The first-order valence-electron chi connectivity index (χ1n) is 6.99. The maximum absolute atomic E-state index is 14.2. The SMILES string of the molecule is Cc1ccccc1CCC(NN)c1c(F)ccc(C)c1F. The molecule has 2 nitrogen and oxygen atoms in total. The first kappa shape index (κ1) is 15.6. The molecule has 0 spiro atoms. The molecule has 3 N–H and O–H groups in total. The van der Waals surface area contributed by atoms with Crippen LogP contribution in [0.15, 0.2) is 36.4 Å². The fourth-order valence-electron chi connectivity index (χ4n) is 2.50. The van der Waals surface area contributed by atoms with E-state index in [9.17, 15) is 8.78 Å². The van der Waals surface area contributed by atoms with Gasteiger partial charge in [0.05, 0.1) is 6.04 Å². The Morgan fingerprint density at radius 2 is 1.76 bits per heavy atom. The third-order valence-electron chi connectivity index (χ3n) is 3.83. The Morgan fingerprint density at radius 3 is 2.43 bits per heavy atom. The van der Waals surface area contributed by atoms with Crippen LogP contribution in [0.25, 0.3) is 0 Å². The lowest BCUT2D eigenvalue weighted by molar-refractivity contribution is 0.452. The van der Waals surface area contributed by atoms with E-state index in [1.165, 1.54) is 17.7 Å². The van der Waals surface area contributed by atoms with Gasteiger partial charge in [-0.2, -0.15) is 0 Å². The number of nitrogens with one attached hydrogen (secondary N) is 1. The summed E-state index contributed by atoms with van der Waals surface area (Å²) in [5.41, 5.74) is 5.30. The molecule has 1 atom stereocenters. The Morgan fingerprint density at radius 1 is 1.05 bits per heavy atom. The fraction of sp³-hybridized carbons (Fsp3) is 0.294. The van der Waals surface area contributed by atoms with E-state index in [4.69, 9.17) is 5.84 Å². The fourth-order valence-corrected chi connectivity index (χ4v) is 2.50. The van der Waals surface area contributed by atoms with Crippen LogP contribution in [0, 0.1) is 25.5 Å². The summed E-state index contributed by atoms with van der Waals surface area (Å²) in [5.74, 6) is 4.42. The number of hydrazine groups is 1. The third-order valence-corrected chi connectivity index (χ3v) is 3.83. The molecule has 0 bridgehead atoms. The van der Waals surface area contributed by atoms with Gasteiger partial charge in [-0.25, -0.2) is 8.78 Å². The van der Waals surface area contributed by atoms with Gasteiger partial charge in [-0.15, -0.1) is 0 Å². The first-order valence-corrected chi connectivity index (χ1v) is 6.99. The van der Waals surface area contributed by atoms with Crippen LogP contribution in [0.4, 0.5) is 8.78 Å². The number of nitrogens with two attached hydrogens (primary N) is 1. The summed E-state index contributed by atoms with van der Waals surface area (Å²) in [6.45, 7) is 3.64. The highest BCUT2D eigenvalue weighted by Crippen LogP contribution is 2.26. The summed E-state index contributed by atoms with van der Waals surface area (Å²) in [7, 11) is 0. The van der Waals surface area contributed by atoms with Crippen molar-refractivity contribution in [2.24, 2.45) is 5.84 Å². The van der Waals surface area contributed by atoms with E-state index in [-0.39, 0.29) is 5.56 Å². The van der Waals surface area contributed by atoms with E-state index < -0.39 is 17.7 Å². The highest BCUT2D eigenvalue weighted by Gasteiger charge is 2.20. The van der Waals surface area contributed by atoms with E-state index in [0.717, 1.165) is 5.56 Å². The second-order valence-corrected chi connectivity index (χ2v) is 5.28. The van der Waals surface area contributed by atoms with Gasteiger partial charge in [0.15, 0.2) is 0 Å². The van der Waals surface area contributed by atoms with Gasteiger partial charge in [0.2, 0.25) is 0 Å². The largest absolute Gasteiger partial charge is 0.271 e. The molecule has 0 radical (unpaired) electrons. The second kappa shape index (κ2) is 6.78. The van der Waals surface area contributed by atoms with Crippen LogP contribution >= 0.6 is 0 Å². The predicted octanol–water partition coefficient (Wildman–Crippen LogP) is 3.72. The van der Waals surface area contributed by atoms with Crippen molar-refractivity contribution >= 4 is 0 Å². The van der Waals surface area contributed by atoms with Gasteiger partial charge >= 0.3 is 0 Å². The van der Waals surface area contributed by atoms with E-state index >= 15 is 0 Å². The van der Waals surface area contributed by atoms with E-state index in [1.807, 2.05) is 31.2 Å². The second-order valence-electron chi connectivity index (χ2n) is 5.28. The number of hydrogen-bond donors (Lipinski definition) is 2. The number of rotatable bonds is 5. The summed E-state index contributed by atoms with van der Waals surface area (Å²) < 4.78 is 28.1. The Labute approximate surface area is 124 Å². The van der Waals surface area contributed by atoms with Crippen molar-refractivity contribution in [2.45, 2.75) is 32.7 Å². The van der Waals surface area contributed by atoms with E-state index in [0.29, 0.717) is 18.4 Å². The summed E-state index contributed by atoms with van der Waals surface area (Å²) in [4.78, 5) is 0. The van der Waals surface area contributed by atoms with Gasteiger partial charge < -0.3 is 0 Å². The van der Waals surface area contributed by atoms with Crippen LogP contribution in [-0.2, 0) is 6.42 Å². The highest BCUT2D eigenvalue weighted by atomic mass is 19.1. The Kier molecular flexibility index (Phi) is 5.04. The van der Waals surface area contributed by atoms with Crippen LogP contribution in [0.1, 0.15) is 34.7 Å². The monoisotopic (exact) mass is 290 g/mol. The van der Waals surface area contributed by atoms with Crippen LogP contribution in [0.5, 0.6) is 0 Å². The van der Waals surface area contributed by atoms with Crippen molar-refractivity contribution in [2.75, 3.05) is 0 Å². The lowest BCUT2D eigenvalue weighted by atomic mass is 9.95. The number of benzene rings is 2. The minimum Gasteiger partial charge on any atom is -0.271 e. The zero-order chi connectivity index (χ0) is 15.4. The standard InChI is InChI=1S/C17H20F2N2/c1-11-5-3-4-6-13(11)8-10-15(21-20)16-14(18)9-7-12(2)17(16)19/h3-7,9,15,21H,8,10,20H2,1-2H3. The molecule has 2 aromatic rings. The number of aryl methyl sites for hydroxylation is 3. The molecule has 21 heavy (non-hydrogen) atoms. The topological polar surface area (TPSA) is 38.0 Å². The molecule has 2 rings (SSSR count). The molecule has 0 aliphatic rings. The summed E-state index contributed by atoms with van der Waals surface area (Å²) in [6.07, 6.45) is 1.23. The van der Waals surface area contributed by atoms with Crippen molar-refractivity contribution in [3.05, 3.63) is 70.3 Å². The van der Waals surface area contributed by atoms with Crippen LogP contribution in [0.2, 0.25) is 0 Å². The predicted molar refractivity (Wildman–Crippen MR) is 80.7 cm³/mol. The number of hydrogen-bond acceptors (Lipinski definition) is 2. The molecule has 4 heteroatoms. The minimum atomic E-state index is -0.564. The molecule has 0 saturated carbocycles. The minimum absolute atomic E-state index is 0.0195. The lowest BCUT2D eigenvalue weighted by Crippen LogP contribution is -2.30. The van der Waals surface area contributed by atoms with E-state index in [2.05, 4.69) is 5.43 Å². The average molecular weight is 290 g/mol. The van der Waals surface area contributed by atoms with Crippen molar-refractivity contribution in [1.82, 2.24) is 5.43 Å². The molecule has 0 heterocycles. The van der Waals surface area contributed by atoms with Crippen molar-refractivity contribution in [3.63, 3.8) is 0 Å².